The zero-order chi connectivity index (χ0) is 20.6. The van der Waals surface area contributed by atoms with Crippen LogP contribution >= 0.6 is 0 Å². The fourth-order valence-electron chi connectivity index (χ4n) is 3.45. The maximum atomic E-state index is 13.2. The largest absolute Gasteiger partial charge is 0.490 e. The Labute approximate surface area is 166 Å². The molecular formula is C23H39NO3. The number of carbonyl (C=O) groups excluding carboxylic acids is 1. The normalized spacial score (nSPS) is 13.1. The van der Waals surface area contributed by atoms with Gasteiger partial charge in [-0.1, -0.05) is 34.6 Å². The minimum absolute atomic E-state index is 0.0539. The van der Waals surface area contributed by atoms with Crippen LogP contribution in [0, 0.1) is 18.8 Å². The van der Waals surface area contributed by atoms with Crippen molar-refractivity contribution in [1.29, 1.82) is 0 Å². The van der Waals surface area contributed by atoms with Crippen LogP contribution in [0.1, 0.15) is 73.3 Å². The molecule has 0 spiro atoms. The zero-order valence-corrected chi connectivity index (χ0v) is 18.5. The quantitative estimate of drug-likeness (QED) is 0.516. The third-order valence-electron chi connectivity index (χ3n) is 4.65. The molecule has 0 aliphatic heterocycles. The van der Waals surface area contributed by atoms with E-state index in [0.717, 1.165) is 23.4 Å². The molecule has 0 unspecified atom stereocenters. The molecule has 1 amide bonds. The van der Waals surface area contributed by atoms with Crippen molar-refractivity contribution in [3.8, 4) is 5.75 Å². The average Bonchev–Trinajstić information content (AvgIpc) is 2.56. The Kier molecular flexibility index (Phi) is 9.31. The number of aryl methyl sites for hydroxylation is 1. The van der Waals surface area contributed by atoms with Crippen molar-refractivity contribution in [2.45, 2.75) is 86.4 Å². The molecule has 0 bridgehead atoms. The lowest BCUT2D eigenvalue weighted by molar-refractivity contribution is -0.146. The molecule has 0 fully saturated rings. The van der Waals surface area contributed by atoms with E-state index in [-0.39, 0.29) is 12.0 Å². The van der Waals surface area contributed by atoms with E-state index >= 15 is 0 Å². The van der Waals surface area contributed by atoms with Crippen LogP contribution in [0.4, 0.5) is 5.69 Å². The van der Waals surface area contributed by atoms with Gasteiger partial charge in [-0.05, 0) is 75.6 Å². The van der Waals surface area contributed by atoms with Crippen molar-refractivity contribution in [3.63, 3.8) is 0 Å². The first-order chi connectivity index (χ1) is 12.6. The highest BCUT2D eigenvalue weighted by molar-refractivity contribution is 5.97. The number of hydrogen-bond donors (Lipinski definition) is 1. The standard InChI is InChI=1S/C23H39NO3/c1-9-19(8)27-21-12-11-20(13-18(21)7)24-22(25)23(26-10-2,14-16(3)4)15-17(5)6/h11-13,16-17,19H,9-10,14-15H2,1-8H3,(H,24,25)/t19-/m1/s1. The highest BCUT2D eigenvalue weighted by Crippen LogP contribution is 2.31. The second-order valence-corrected chi connectivity index (χ2v) is 8.39. The second kappa shape index (κ2) is 10.7. The summed E-state index contributed by atoms with van der Waals surface area (Å²) in [4.78, 5) is 13.2. The third-order valence-corrected chi connectivity index (χ3v) is 4.65. The molecule has 1 aromatic carbocycles. The number of benzene rings is 1. The summed E-state index contributed by atoms with van der Waals surface area (Å²) in [7, 11) is 0. The van der Waals surface area contributed by atoms with E-state index in [1.165, 1.54) is 0 Å². The van der Waals surface area contributed by atoms with Crippen LogP contribution in [-0.2, 0) is 9.53 Å². The van der Waals surface area contributed by atoms with E-state index < -0.39 is 5.60 Å². The Hall–Kier alpha value is -1.55. The summed E-state index contributed by atoms with van der Waals surface area (Å²) in [6.45, 7) is 17.2. The number of ether oxygens (including phenoxy) is 2. The molecular weight excluding hydrogens is 338 g/mol. The van der Waals surface area contributed by atoms with Gasteiger partial charge in [0, 0.05) is 12.3 Å². The van der Waals surface area contributed by atoms with Crippen LogP contribution in [0.5, 0.6) is 5.75 Å². The summed E-state index contributed by atoms with van der Waals surface area (Å²) in [5.41, 5.74) is 1.00. The van der Waals surface area contributed by atoms with Crippen LogP contribution in [0.25, 0.3) is 0 Å². The number of amides is 1. The van der Waals surface area contributed by atoms with Gasteiger partial charge in [0.1, 0.15) is 11.4 Å². The lowest BCUT2D eigenvalue weighted by Gasteiger charge is -2.35. The van der Waals surface area contributed by atoms with Crippen molar-refractivity contribution >= 4 is 11.6 Å². The molecule has 1 rings (SSSR count). The summed E-state index contributed by atoms with van der Waals surface area (Å²) >= 11 is 0. The van der Waals surface area contributed by atoms with Gasteiger partial charge in [0.15, 0.2) is 0 Å². The SMILES string of the molecule is CCOC(CC(C)C)(CC(C)C)C(=O)Nc1ccc(O[C@H](C)CC)c(C)c1. The summed E-state index contributed by atoms with van der Waals surface area (Å²) in [5, 5.41) is 3.09. The van der Waals surface area contributed by atoms with E-state index in [0.29, 0.717) is 31.3 Å². The van der Waals surface area contributed by atoms with Crippen LogP contribution in [0.2, 0.25) is 0 Å². The summed E-state index contributed by atoms with van der Waals surface area (Å²) in [6.07, 6.45) is 2.55. The second-order valence-electron chi connectivity index (χ2n) is 8.39. The number of nitrogens with one attached hydrogen (secondary N) is 1. The van der Waals surface area contributed by atoms with Crippen LogP contribution in [-0.4, -0.2) is 24.2 Å². The molecule has 0 heterocycles. The molecule has 0 saturated carbocycles. The van der Waals surface area contributed by atoms with E-state index in [9.17, 15) is 4.79 Å². The van der Waals surface area contributed by atoms with E-state index in [2.05, 4.69) is 46.9 Å². The fourth-order valence-corrected chi connectivity index (χ4v) is 3.45. The Balaban J connectivity index is 3.04. The lowest BCUT2D eigenvalue weighted by Crippen LogP contribution is -2.47. The molecule has 0 aliphatic rings. The maximum Gasteiger partial charge on any atom is 0.256 e. The summed E-state index contributed by atoms with van der Waals surface area (Å²) in [5.74, 6) is 1.55. The Morgan fingerprint density at radius 3 is 2.11 bits per heavy atom. The van der Waals surface area contributed by atoms with E-state index in [1.54, 1.807) is 0 Å². The fraction of sp³-hybridized carbons (Fsp3) is 0.696. The zero-order valence-electron chi connectivity index (χ0n) is 18.5. The van der Waals surface area contributed by atoms with Gasteiger partial charge in [-0.2, -0.15) is 0 Å². The smallest absolute Gasteiger partial charge is 0.256 e. The highest BCUT2D eigenvalue weighted by atomic mass is 16.5. The summed E-state index contributed by atoms with van der Waals surface area (Å²) in [6, 6.07) is 5.81. The summed E-state index contributed by atoms with van der Waals surface area (Å²) < 4.78 is 12.0. The van der Waals surface area contributed by atoms with Crippen LogP contribution in [0.3, 0.4) is 0 Å². The molecule has 0 radical (unpaired) electrons. The Bertz CT molecular complexity index is 585. The molecule has 0 aliphatic carbocycles. The van der Waals surface area contributed by atoms with Crippen LogP contribution < -0.4 is 10.1 Å². The molecule has 1 aromatic rings. The Morgan fingerprint density at radius 2 is 1.67 bits per heavy atom. The predicted octanol–water partition coefficient (Wildman–Crippen LogP) is 5.98. The average molecular weight is 378 g/mol. The number of anilines is 1. The van der Waals surface area contributed by atoms with Crippen molar-refractivity contribution in [2.75, 3.05) is 11.9 Å². The van der Waals surface area contributed by atoms with Crippen molar-refractivity contribution in [1.82, 2.24) is 0 Å². The van der Waals surface area contributed by atoms with Gasteiger partial charge >= 0.3 is 0 Å². The first-order valence-electron chi connectivity index (χ1n) is 10.4. The molecule has 4 heteroatoms. The van der Waals surface area contributed by atoms with E-state index in [4.69, 9.17) is 9.47 Å². The number of hydrogen-bond acceptors (Lipinski definition) is 3. The number of rotatable bonds is 11. The maximum absolute atomic E-state index is 13.2. The topological polar surface area (TPSA) is 47.6 Å². The van der Waals surface area contributed by atoms with Crippen molar-refractivity contribution < 1.29 is 14.3 Å². The van der Waals surface area contributed by atoms with Crippen molar-refractivity contribution in [2.24, 2.45) is 11.8 Å². The molecule has 0 saturated heterocycles. The predicted molar refractivity (Wildman–Crippen MR) is 113 cm³/mol. The molecule has 154 valence electrons. The third kappa shape index (κ3) is 7.17. The van der Waals surface area contributed by atoms with Gasteiger partial charge in [-0.3, -0.25) is 4.79 Å². The van der Waals surface area contributed by atoms with Gasteiger partial charge in [-0.25, -0.2) is 0 Å². The monoisotopic (exact) mass is 377 g/mol. The van der Waals surface area contributed by atoms with Crippen molar-refractivity contribution in [3.05, 3.63) is 23.8 Å². The minimum atomic E-state index is -0.795. The Morgan fingerprint density at radius 1 is 1.07 bits per heavy atom. The van der Waals surface area contributed by atoms with Gasteiger partial charge in [-0.15, -0.1) is 0 Å². The molecule has 0 aromatic heterocycles. The molecule has 4 nitrogen and oxygen atoms in total. The van der Waals surface area contributed by atoms with Gasteiger partial charge < -0.3 is 14.8 Å². The van der Waals surface area contributed by atoms with Crippen LogP contribution in [0.15, 0.2) is 18.2 Å². The molecule has 1 atom stereocenters. The first-order valence-corrected chi connectivity index (χ1v) is 10.4. The molecule has 27 heavy (non-hydrogen) atoms. The minimum Gasteiger partial charge on any atom is -0.490 e. The van der Waals surface area contributed by atoms with Gasteiger partial charge in [0.2, 0.25) is 0 Å². The van der Waals surface area contributed by atoms with Gasteiger partial charge in [0.25, 0.3) is 5.91 Å². The highest BCUT2D eigenvalue weighted by Gasteiger charge is 2.40. The lowest BCUT2D eigenvalue weighted by atomic mass is 9.83. The van der Waals surface area contributed by atoms with Gasteiger partial charge in [0.05, 0.1) is 6.10 Å². The van der Waals surface area contributed by atoms with E-state index in [1.807, 2.05) is 32.0 Å². The molecule has 1 N–H and O–H groups in total. The number of carbonyl (C=O) groups is 1. The first kappa shape index (κ1) is 23.5.